The molecule has 170 valence electrons. The van der Waals surface area contributed by atoms with Crippen LogP contribution >= 0.6 is 0 Å². The van der Waals surface area contributed by atoms with E-state index in [-0.39, 0.29) is 17.1 Å². The highest BCUT2D eigenvalue weighted by atomic mass is 32.2. The number of nitrogens with one attached hydrogen (secondary N) is 1. The van der Waals surface area contributed by atoms with Crippen molar-refractivity contribution in [2.45, 2.75) is 24.7 Å². The summed E-state index contributed by atoms with van der Waals surface area (Å²) in [5.41, 5.74) is 2.57. The number of hydrogen-bond donors (Lipinski definition) is 1. The van der Waals surface area contributed by atoms with Gasteiger partial charge in [-0.25, -0.2) is 21.1 Å². The predicted molar refractivity (Wildman–Crippen MR) is 122 cm³/mol. The van der Waals surface area contributed by atoms with E-state index in [1.165, 1.54) is 49.5 Å². The third kappa shape index (κ3) is 7.05. The van der Waals surface area contributed by atoms with E-state index in [1.807, 2.05) is 31.2 Å². The maximum absolute atomic E-state index is 12.3. The minimum absolute atomic E-state index is 0.0373. The molecule has 0 aromatic heterocycles. The molecule has 0 aliphatic carbocycles. The number of anilines is 1. The number of amides is 1. The molecule has 8 nitrogen and oxygen atoms in total. The minimum atomic E-state index is -3.74. The topological polar surface area (TPSA) is 104 Å². The molecule has 0 spiro atoms. The number of benzene rings is 2. The van der Waals surface area contributed by atoms with Crippen LogP contribution in [0.1, 0.15) is 17.5 Å². The third-order valence-electron chi connectivity index (χ3n) is 4.68. The summed E-state index contributed by atoms with van der Waals surface area (Å²) in [6.45, 7) is 2.06. The van der Waals surface area contributed by atoms with Gasteiger partial charge in [0.15, 0.2) is 0 Å². The molecule has 1 N–H and O–H groups in total. The second-order valence-corrected chi connectivity index (χ2v) is 11.5. The van der Waals surface area contributed by atoms with Gasteiger partial charge in [0, 0.05) is 20.6 Å². The monoisotopic (exact) mass is 467 g/mol. The quantitative estimate of drug-likeness (QED) is 0.536. The first-order valence-corrected chi connectivity index (χ1v) is 13.0. The lowest BCUT2D eigenvalue weighted by Gasteiger charge is -2.22. The zero-order valence-corrected chi connectivity index (χ0v) is 19.8. The molecule has 31 heavy (non-hydrogen) atoms. The molecule has 1 amide bonds. The first-order chi connectivity index (χ1) is 14.4. The molecular formula is C21H29N3O5S2. The van der Waals surface area contributed by atoms with Crippen LogP contribution in [0.4, 0.5) is 5.69 Å². The van der Waals surface area contributed by atoms with Gasteiger partial charge in [-0.15, -0.1) is 0 Å². The van der Waals surface area contributed by atoms with Gasteiger partial charge in [-0.1, -0.05) is 29.8 Å². The molecule has 0 heterocycles. The minimum Gasteiger partial charge on any atom is -0.355 e. The Hall–Kier alpha value is -2.43. The van der Waals surface area contributed by atoms with Crippen molar-refractivity contribution in [2.75, 3.05) is 37.7 Å². The van der Waals surface area contributed by atoms with Crippen molar-refractivity contribution in [1.29, 1.82) is 0 Å². The van der Waals surface area contributed by atoms with E-state index in [0.29, 0.717) is 6.54 Å². The van der Waals surface area contributed by atoms with Crippen LogP contribution in [-0.2, 0) is 31.3 Å². The number of sulfonamides is 2. The molecule has 0 atom stereocenters. The van der Waals surface area contributed by atoms with Crippen molar-refractivity contribution in [3.05, 3.63) is 59.7 Å². The molecule has 0 saturated heterocycles. The Bertz CT molecular complexity index is 1090. The van der Waals surface area contributed by atoms with Crippen molar-refractivity contribution in [1.82, 2.24) is 9.62 Å². The molecule has 0 unspecified atom stereocenters. The fourth-order valence-corrected chi connectivity index (χ4v) is 4.61. The molecule has 2 rings (SSSR count). The largest absolute Gasteiger partial charge is 0.355 e. The predicted octanol–water partition coefficient (Wildman–Crippen LogP) is 1.76. The van der Waals surface area contributed by atoms with Gasteiger partial charge in [-0.3, -0.25) is 9.10 Å². The van der Waals surface area contributed by atoms with Crippen LogP contribution in [0.2, 0.25) is 0 Å². The van der Waals surface area contributed by atoms with Crippen LogP contribution in [0.15, 0.2) is 53.4 Å². The Labute approximate surface area is 185 Å². The number of nitrogens with zero attached hydrogens (tertiary/aromatic N) is 2. The van der Waals surface area contributed by atoms with Crippen LogP contribution in [-0.4, -0.2) is 60.5 Å². The van der Waals surface area contributed by atoms with Gasteiger partial charge in [-0.2, -0.15) is 0 Å². The lowest BCUT2D eigenvalue weighted by Crippen LogP contribution is -2.40. The lowest BCUT2D eigenvalue weighted by atomic mass is 10.1. The molecule has 0 saturated carbocycles. The van der Waals surface area contributed by atoms with Gasteiger partial charge in [-0.05, 0) is 49.6 Å². The Kier molecular flexibility index (Phi) is 8.21. The summed E-state index contributed by atoms with van der Waals surface area (Å²) >= 11 is 0. The van der Waals surface area contributed by atoms with Gasteiger partial charge in [0.05, 0.1) is 16.8 Å². The van der Waals surface area contributed by atoms with Gasteiger partial charge in [0.25, 0.3) is 0 Å². The summed E-state index contributed by atoms with van der Waals surface area (Å²) in [5, 5.41) is 2.74. The van der Waals surface area contributed by atoms with Crippen LogP contribution in [0.5, 0.6) is 0 Å². The van der Waals surface area contributed by atoms with E-state index in [9.17, 15) is 21.6 Å². The van der Waals surface area contributed by atoms with Gasteiger partial charge >= 0.3 is 0 Å². The van der Waals surface area contributed by atoms with Crippen molar-refractivity contribution >= 4 is 31.6 Å². The number of aryl methyl sites for hydroxylation is 2. The Balaban J connectivity index is 2.00. The summed E-state index contributed by atoms with van der Waals surface area (Å²) in [7, 11) is -4.55. The first-order valence-electron chi connectivity index (χ1n) is 9.74. The summed E-state index contributed by atoms with van der Waals surface area (Å²) in [4.78, 5) is 12.4. The second-order valence-electron chi connectivity index (χ2n) is 7.49. The van der Waals surface area contributed by atoms with Gasteiger partial charge in [0.1, 0.15) is 6.54 Å². The molecule has 0 bridgehead atoms. The highest BCUT2D eigenvalue weighted by Crippen LogP contribution is 2.21. The number of rotatable bonds is 10. The number of hydrogen-bond acceptors (Lipinski definition) is 5. The molecular weight excluding hydrogens is 438 g/mol. The van der Waals surface area contributed by atoms with Crippen molar-refractivity contribution in [3.8, 4) is 0 Å². The molecule has 10 heteroatoms. The molecule has 0 radical (unpaired) electrons. The standard InChI is InChI=1S/C21H29N3O5S2/c1-17-7-9-18(10-8-17)6-5-15-22-21(25)16-24(30(4,26)27)19-11-13-20(14-12-19)31(28,29)23(2)3/h7-14H,5-6,15-16H2,1-4H3,(H,22,25). The molecule has 2 aromatic carbocycles. The maximum atomic E-state index is 12.3. The van der Waals surface area contributed by atoms with Gasteiger partial charge in [0.2, 0.25) is 26.0 Å². The zero-order chi connectivity index (χ0) is 23.2. The smallest absolute Gasteiger partial charge is 0.242 e. The van der Waals surface area contributed by atoms with E-state index in [0.717, 1.165) is 27.7 Å². The fourth-order valence-electron chi connectivity index (χ4n) is 2.86. The third-order valence-corrected chi connectivity index (χ3v) is 7.65. The fraction of sp³-hybridized carbons (Fsp3) is 0.381. The van der Waals surface area contributed by atoms with E-state index in [1.54, 1.807) is 0 Å². The Morgan fingerprint density at radius 2 is 1.52 bits per heavy atom. The van der Waals surface area contributed by atoms with Crippen molar-refractivity contribution in [3.63, 3.8) is 0 Å². The highest BCUT2D eigenvalue weighted by molar-refractivity contribution is 7.92. The van der Waals surface area contributed by atoms with Crippen LogP contribution in [0, 0.1) is 6.92 Å². The Morgan fingerprint density at radius 1 is 0.935 bits per heavy atom. The molecule has 0 aliphatic rings. The van der Waals surface area contributed by atoms with Crippen LogP contribution < -0.4 is 9.62 Å². The average Bonchev–Trinajstić information content (AvgIpc) is 2.70. The number of carbonyl (C=O) groups excluding carboxylic acids is 1. The van der Waals surface area contributed by atoms with Crippen molar-refractivity contribution in [2.24, 2.45) is 0 Å². The van der Waals surface area contributed by atoms with E-state index < -0.39 is 26.0 Å². The number of carbonyl (C=O) groups is 1. The normalized spacial score (nSPS) is 12.0. The van der Waals surface area contributed by atoms with E-state index >= 15 is 0 Å². The average molecular weight is 468 g/mol. The van der Waals surface area contributed by atoms with Crippen molar-refractivity contribution < 1.29 is 21.6 Å². The first kappa shape index (κ1) is 24.8. The zero-order valence-electron chi connectivity index (χ0n) is 18.2. The highest BCUT2D eigenvalue weighted by Gasteiger charge is 2.22. The SMILES string of the molecule is Cc1ccc(CCCNC(=O)CN(c2ccc(S(=O)(=O)N(C)C)cc2)S(C)(=O)=O)cc1. The van der Waals surface area contributed by atoms with Crippen LogP contribution in [0.3, 0.4) is 0 Å². The molecule has 0 fully saturated rings. The summed E-state index contributed by atoms with van der Waals surface area (Å²) in [5.74, 6) is -0.431. The molecule has 0 aliphatic heterocycles. The van der Waals surface area contributed by atoms with E-state index in [4.69, 9.17) is 0 Å². The summed E-state index contributed by atoms with van der Waals surface area (Å²) in [6.07, 6.45) is 2.53. The Morgan fingerprint density at radius 3 is 2.03 bits per heavy atom. The lowest BCUT2D eigenvalue weighted by molar-refractivity contribution is -0.119. The molecule has 2 aromatic rings. The maximum Gasteiger partial charge on any atom is 0.242 e. The van der Waals surface area contributed by atoms with Crippen LogP contribution in [0.25, 0.3) is 0 Å². The second kappa shape index (κ2) is 10.3. The van der Waals surface area contributed by atoms with E-state index in [2.05, 4.69) is 5.32 Å². The summed E-state index contributed by atoms with van der Waals surface area (Å²) in [6, 6.07) is 13.6. The van der Waals surface area contributed by atoms with Gasteiger partial charge < -0.3 is 5.32 Å². The summed E-state index contributed by atoms with van der Waals surface area (Å²) < 4.78 is 50.8.